The van der Waals surface area contributed by atoms with Crippen LogP contribution >= 0.6 is 15.6 Å². The number of carbonyl (C=O) groups is 4. The van der Waals surface area contributed by atoms with E-state index in [2.05, 4.69) is 72.8 Å². The zero-order chi connectivity index (χ0) is 69.4. The molecule has 0 fully saturated rings. The fraction of sp³-hybridized carbons (Fsp3) is 0.893. The summed E-state index contributed by atoms with van der Waals surface area (Å²) in [4.78, 5) is 72.7. The Morgan fingerprint density at radius 2 is 0.574 bits per heavy atom. The van der Waals surface area contributed by atoms with Crippen LogP contribution < -0.4 is 0 Å². The number of ether oxygens (including phenoxy) is 4. The molecule has 0 amide bonds. The number of carbonyl (C=O) groups excluding carboxylic acids is 4. The lowest BCUT2D eigenvalue weighted by Crippen LogP contribution is -2.30. The fourth-order valence-corrected chi connectivity index (χ4v) is 12.5. The number of hydrogen-bond acceptors (Lipinski definition) is 15. The van der Waals surface area contributed by atoms with Crippen LogP contribution in [0.5, 0.6) is 0 Å². The van der Waals surface area contributed by atoms with Crippen LogP contribution in [-0.2, 0) is 65.4 Å². The zero-order valence-electron chi connectivity index (χ0n) is 60.9. The molecule has 2 unspecified atom stereocenters. The number of aliphatic hydroxyl groups is 1. The minimum atomic E-state index is -4.96. The number of aliphatic hydroxyl groups excluding tert-OH is 1. The topological polar surface area (TPSA) is 237 Å². The van der Waals surface area contributed by atoms with Crippen LogP contribution in [0.25, 0.3) is 0 Å². The van der Waals surface area contributed by atoms with E-state index in [1.807, 2.05) is 0 Å². The van der Waals surface area contributed by atoms with Gasteiger partial charge in [-0.15, -0.1) is 0 Å². The van der Waals surface area contributed by atoms with Crippen molar-refractivity contribution >= 4 is 39.5 Å². The van der Waals surface area contributed by atoms with Crippen molar-refractivity contribution in [1.29, 1.82) is 0 Å². The van der Waals surface area contributed by atoms with E-state index in [1.165, 1.54) is 148 Å². The van der Waals surface area contributed by atoms with Crippen molar-refractivity contribution in [2.45, 2.75) is 375 Å². The van der Waals surface area contributed by atoms with E-state index in [1.54, 1.807) is 0 Å². The van der Waals surface area contributed by atoms with Gasteiger partial charge in [-0.1, -0.05) is 304 Å². The Balaban J connectivity index is 5.27. The summed E-state index contributed by atoms with van der Waals surface area (Å²) in [7, 11) is -9.92. The first kappa shape index (κ1) is 91.5. The molecule has 19 heteroatoms. The molecule has 0 aliphatic carbocycles. The van der Waals surface area contributed by atoms with Gasteiger partial charge in [-0.2, -0.15) is 0 Å². The minimum absolute atomic E-state index is 0.0837. The van der Waals surface area contributed by atoms with Crippen molar-refractivity contribution in [2.24, 2.45) is 17.8 Å². The highest BCUT2D eigenvalue weighted by molar-refractivity contribution is 7.47. The maximum atomic E-state index is 13.1. The van der Waals surface area contributed by atoms with Crippen LogP contribution in [0.3, 0.4) is 0 Å². The summed E-state index contributed by atoms with van der Waals surface area (Å²) < 4.78 is 68.4. The van der Waals surface area contributed by atoms with Crippen LogP contribution in [0, 0.1) is 17.8 Å². The Labute approximate surface area is 573 Å². The summed E-state index contributed by atoms with van der Waals surface area (Å²) in [6, 6.07) is 0. The van der Waals surface area contributed by atoms with Crippen molar-refractivity contribution in [3.05, 3.63) is 24.3 Å². The molecule has 0 saturated carbocycles. The number of allylic oxidation sites excluding steroid dienone is 4. The molecule has 554 valence electrons. The van der Waals surface area contributed by atoms with E-state index in [0.717, 1.165) is 121 Å². The first-order valence-electron chi connectivity index (χ1n) is 38.2. The van der Waals surface area contributed by atoms with Gasteiger partial charge < -0.3 is 33.8 Å². The summed E-state index contributed by atoms with van der Waals surface area (Å²) in [6.07, 6.45) is 53.7. The van der Waals surface area contributed by atoms with Gasteiger partial charge in [0, 0.05) is 25.7 Å². The van der Waals surface area contributed by atoms with Gasteiger partial charge in [-0.3, -0.25) is 37.3 Å². The summed E-state index contributed by atoms with van der Waals surface area (Å²) in [5, 5.41) is 10.6. The van der Waals surface area contributed by atoms with Gasteiger partial charge >= 0.3 is 39.5 Å². The molecule has 94 heavy (non-hydrogen) atoms. The molecular formula is C75H142O17P2. The monoisotopic (exact) mass is 1380 g/mol. The average molecular weight is 1380 g/mol. The summed E-state index contributed by atoms with van der Waals surface area (Å²) in [5.41, 5.74) is 0. The van der Waals surface area contributed by atoms with Crippen molar-refractivity contribution < 1.29 is 80.2 Å². The Morgan fingerprint density at radius 3 is 0.862 bits per heavy atom. The highest BCUT2D eigenvalue weighted by Gasteiger charge is 2.30. The fourth-order valence-electron chi connectivity index (χ4n) is 10.9. The second-order valence-electron chi connectivity index (χ2n) is 27.8. The molecule has 0 saturated heterocycles. The quantitative estimate of drug-likeness (QED) is 0.0169. The van der Waals surface area contributed by atoms with Gasteiger partial charge in [0.05, 0.1) is 26.4 Å². The first-order chi connectivity index (χ1) is 45.2. The van der Waals surface area contributed by atoms with Crippen LogP contribution in [0.1, 0.15) is 357 Å². The standard InChI is InChI=1S/C75H142O17P2/c1-8-9-10-11-12-13-14-15-16-20-23-30-35-44-51-59-75(80)92-71(63-86-73(78)57-50-43-38-37-41-48-55-68(6)7)65-90-94(83,84)88-61-69(76)60-87-93(81,82)89-64-70(62-85-72(77)56-49-42-34-29-26-25-28-33-40-47-54-67(4)5)91-74(79)58-52-45-36-31-24-21-18-17-19-22-27-32-39-46-53-66(2)3/h13-16,66-71,76H,8-12,17-65H2,1-7H3,(H,81,82)(H,83,84)/b14-13-,16-15-/t69-,70-,71-/m1/s1. The number of phosphoric acid groups is 2. The molecule has 0 radical (unpaired) electrons. The molecule has 0 aliphatic heterocycles. The Bertz CT molecular complexity index is 1930. The number of esters is 4. The third-order valence-electron chi connectivity index (χ3n) is 16.8. The molecule has 0 rings (SSSR count). The first-order valence-corrected chi connectivity index (χ1v) is 41.2. The molecule has 0 heterocycles. The lowest BCUT2D eigenvalue weighted by atomic mass is 10.0. The van der Waals surface area contributed by atoms with E-state index in [0.29, 0.717) is 31.6 Å². The van der Waals surface area contributed by atoms with Crippen LogP contribution in [0.2, 0.25) is 0 Å². The smallest absolute Gasteiger partial charge is 0.462 e. The lowest BCUT2D eigenvalue weighted by Gasteiger charge is -2.21. The third-order valence-corrected chi connectivity index (χ3v) is 18.7. The van der Waals surface area contributed by atoms with Gasteiger partial charge in [0.2, 0.25) is 0 Å². The highest BCUT2D eigenvalue weighted by Crippen LogP contribution is 2.45. The van der Waals surface area contributed by atoms with Crippen LogP contribution in [0.4, 0.5) is 0 Å². The molecule has 17 nitrogen and oxygen atoms in total. The second-order valence-corrected chi connectivity index (χ2v) is 30.7. The number of phosphoric ester groups is 2. The highest BCUT2D eigenvalue weighted by atomic mass is 31.2. The predicted molar refractivity (Wildman–Crippen MR) is 381 cm³/mol. The molecule has 0 spiro atoms. The Hall–Kier alpha value is -2.46. The molecule has 0 aliphatic rings. The third kappa shape index (κ3) is 68.1. The second kappa shape index (κ2) is 65.2. The number of hydrogen-bond donors (Lipinski definition) is 3. The number of unbranched alkanes of at least 4 members (excludes halogenated alkanes) is 36. The lowest BCUT2D eigenvalue weighted by molar-refractivity contribution is -0.161. The number of rotatable bonds is 71. The summed E-state index contributed by atoms with van der Waals surface area (Å²) in [5.74, 6) is 0.0748. The van der Waals surface area contributed by atoms with E-state index >= 15 is 0 Å². The zero-order valence-corrected chi connectivity index (χ0v) is 62.7. The van der Waals surface area contributed by atoms with Gasteiger partial charge in [0.25, 0.3) is 0 Å². The SMILES string of the molecule is CCCCCC/C=C\C=C/CCCCCCCC(=O)O[C@H](COC(=O)CCCCCCCCC(C)C)COP(=O)(O)OC[C@H](O)COP(=O)(O)OC[C@@H](COC(=O)CCCCCCCCCCCCC(C)C)OC(=O)CCCCCCCCCCCCCCCCC(C)C. The maximum Gasteiger partial charge on any atom is 0.472 e. The molecule has 0 aromatic heterocycles. The van der Waals surface area contributed by atoms with Crippen molar-refractivity contribution in [2.75, 3.05) is 39.6 Å². The molecule has 0 aromatic carbocycles. The van der Waals surface area contributed by atoms with Crippen molar-refractivity contribution in [1.82, 2.24) is 0 Å². The van der Waals surface area contributed by atoms with Gasteiger partial charge in [0.15, 0.2) is 12.2 Å². The van der Waals surface area contributed by atoms with E-state index in [4.69, 9.17) is 37.0 Å². The van der Waals surface area contributed by atoms with E-state index < -0.39 is 97.5 Å². The Morgan fingerprint density at radius 1 is 0.330 bits per heavy atom. The minimum Gasteiger partial charge on any atom is -0.462 e. The summed E-state index contributed by atoms with van der Waals surface area (Å²) in [6.45, 7) is 11.8. The molecule has 0 aromatic rings. The van der Waals surface area contributed by atoms with E-state index in [-0.39, 0.29) is 25.7 Å². The molecular weight excluding hydrogens is 1230 g/mol. The molecule has 0 bridgehead atoms. The average Bonchev–Trinajstić information content (AvgIpc) is 2.48. The molecule has 5 atom stereocenters. The molecule has 3 N–H and O–H groups in total. The van der Waals surface area contributed by atoms with Gasteiger partial charge in [0.1, 0.15) is 19.3 Å². The normalized spacial score (nSPS) is 14.3. The van der Waals surface area contributed by atoms with Gasteiger partial charge in [-0.05, 0) is 69.1 Å². The van der Waals surface area contributed by atoms with Crippen molar-refractivity contribution in [3.63, 3.8) is 0 Å². The predicted octanol–water partition coefficient (Wildman–Crippen LogP) is 21.3. The maximum absolute atomic E-state index is 13.1. The van der Waals surface area contributed by atoms with Crippen molar-refractivity contribution in [3.8, 4) is 0 Å². The largest absolute Gasteiger partial charge is 0.472 e. The van der Waals surface area contributed by atoms with Crippen LogP contribution in [0.15, 0.2) is 24.3 Å². The summed E-state index contributed by atoms with van der Waals surface area (Å²) >= 11 is 0. The van der Waals surface area contributed by atoms with Crippen LogP contribution in [-0.4, -0.2) is 96.7 Å². The van der Waals surface area contributed by atoms with Gasteiger partial charge in [-0.25, -0.2) is 9.13 Å². The van der Waals surface area contributed by atoms with E-state index in [9.17, 15) is 43.2 Å². The Kier molecular flexibility index (Phi) is 63.5.